The molecule has 0 N–H and O–H groups in total. The van der Waals surface area contributed by atoms with Gasteiger partial charge in [-0.25, -0.2) is 9.67 Å². The number of carbonyl (C=O) groups is 1. The second-order valence-electron chi connectivity index (χ2n) is 11.3. The number of hydrogen-bond acceptors (Lipinski definition) is 5. The van der Waals surface area contributed by atoms with Crippen LogP contribution in [0.25, 0.3) is 21.9 Å². The van der Waals surface area contributed by atoms with E-state index in [9.17, 15) is 4.79 Å². The Labute approximate surface area is 212 Å². The largest absolute Gasteiger partial charge is 0.336 e. The van der Waals surface area contributed by atoms with Gasteiger partial charge in [0.25, 0.3) is 5.91 Å². The summed E-state index contributed by atoms with van der Waals surface area (Å²) in [6, 6.07) is 12.5. The summed E-state index contributed by atoms with van der Waals surface area (Å²) in [5, 5.41) is 6.90. The maximum atomic E-state index is 13.9. The Morgan fingerprint density at radius 3 is 2.53 bits per heavy atom. The van der Waals surface area contributed by atoms with Crippen LogP contribution in [0.5, 0.6) is 0 Å². The molecule has 0 radical (unpaired) electrons. The molecule has 186 valence electrons. The molecule has 3 aromatic heterocycles. The zero-order valence-corrected chi connectivity index (χ0v) is 21.7. The van der Waals surface area contributed by atoms with Gasteiger partial charge in [0.2, 0.25) is 0 Å². The molecule has 4 aromatic rings. The van der Waals surface area contributed by atoms with Gasteiger partial charge in [-0.2, -0.15) is 5.10 Å². The summed E-state index contributed by atoms with van der Waals surface area (Å²) in [6.45, 7) is 12.4. The summed E-state index contributed by atoms with van der Waals surface area (Å²) in [4.78, 5) is 27.9. The molecule has 36 heavy (non-hydrogen) atoms. The first-order chi connectivity index (χ1) is 17.3. The standard InChI is InChI=1S/C29H34N6O/c1-19-25-23(17-24(20-10-11-20)31-27(25)35(32-19)29(2,3)4)28(36)34-15-13-33(14-16-34)18-22-8-5-7-21-9-6-12-30-26(21)22/h5-9,12,17,20H,10-11,13-16,18H2,1-4H3. The third kappa shape index (κ3) is 4.15. The second kappa shape index (κ2) is 8.66. The van der Waals surface area contributed by atoms with E-state index in [0.29, 0.717) is 19.0 Å². The van der Waals surface area contributed by atoms with E-state index in [4.69, 9.17) is 10.1 Å². The molecule has 2 aliphatic rings. The molecule has 7 heteroatoms. The highest BCUT2D eigenvalue weighted by Gasteiger charge is 2.32. The minimum Gasteiger partial charge on any atom is -0.336 e. The van der Waals surface area contributed by atoms with Crippen molar-refractivity contribution >= 4 is 27.8 Å². The molecule has 6 rings (SSSR count). The summed E-state index contributed by atoms with van der Waals surface area (Å²) < 4.78 is 2.00. The van der Waals surface area contributed by atoms with Crippen LogP contribution in [0.2, 0.25) is 0 Å². The van der Waals surface area contributed by atoms with Gasteiger partial charge in [-0.15, -0.1) is 0 Å². The van der Waals surface area contributed by atoms with Gasteiger partial charge in [-0.1, -0.05) is 24.3 Å². The molecule has 1 amide bonds. The van der Waals surface area contributed by atoms with Crippen molar-refractivity contribution in [3.05, 3.63) is 65.1 Å². The number of benzene rings is 1. The van der Waals surface area contributed by atoms with Gasteiger partial charge in [0.05, 0.1) is 27.7 Å². The topological polar surface area (TPSA) is 67.2 Å². The van der Waals surface area contributed by atoms with Crippen molar-refractivity contribution in [3.8, 4) is 0 Å². The van der Waals surface area contributed by atoms with Crippen LogP contribution in [-0.4, -0.2) is 61.6 Å². The molecule has 1 aromatic carbocycles. The minimum absolute atomic E-state index is 0.104. The second-order valence-corrected chi connectivity index (χ2v) is 11.3. The highest BCUT2D eigenvalue weighted by Crippen LogP contribution is 2.41. The Bertz CT molecular complexity index is 1450. The highest BCUT2D eigenvalue weighted by atomic mass is 16.2. The molecule has 2 fully saturated rings. The van der Waals surface area contributed by atoms with Gasteiger partial charge in [0, 0.05) is 55.9 Å². The number of piperazine rings is 1. The number of hydrogen-bond donors (Lipinski definition) is 0. The molecule has 1 saturated heterocycles. The average molecular weight is 483 g/mol. The van der Waals surface area contributed by atoms with E-state index < -0.39 is 0 Å². The van der Waals surface area contributed by atoms with Gasteiger partial charge in [0.15, 0.2) is 5.65 Å². The average Bonchev–Trinajstić information content (AvgIpc) is 3.66. The number of amides is 1. The van der Waals surface area contributed by atoms with Crippen LogP contribution in [0.1, 0.15) is 66.8 Å². The van der Waals surface area contributed by atoms with Crippen molar-refractivity contribution in [1.29, 1.82) is 0 Å². The fraction of sp³-hybridized carbons (Fsp3) is 0.448. The zero-order valence-electron chi connectivity index (χ0n) is 21.7. The molecule has 4 heterocycles. The Hall–Kier alpha value is -3.32. The molecule has 0 atom stereocenters. The molecule has 0 bridgehead atoms. The molecule has 7 nitrogen and oxygen atoms in total. The zero-order chi connectivity index (χ0) is 25.0. The number of para-hydroxylation sites is 1. The van der Waals surface area contributed by atoms with E-state index >= 15 is 0 Å². The Balaban J connectivity index is 1.25. The Morgan fingerprint density at radius 2 is 1.81 bits per heavy atom. The quantitative estimate of drug-likeness (QED) is 0.415. The van der Waals surface area contributed by atoms with Crippen molar-refractivity contribution in [2.45, 2.75) is 58.5 Å². The van der Waals surface area contributed by atoms with Crippen LogP contribution >= 0.6 is 0 Å². The lowest BCUT2D eigenvalue weighted by Crippen LogP contribution is -2.48. The number of rotatable bonds is 4. The van der Waals surface area contributed by atoms with Crippen LogP contribution in [-0.2, 0) is 12.1 Å². The number of carbonyl (C=O) groups excluding carboxylic acids is 1. The van der Waals surface area contributed by atoms with Crippen molar-refractivity contribution in [1.82, 2.24) is 29.5 Å². The molecule has 1 aliphatic heterocycles. The minimum atomic E-state index is -0.204. The predicted molar refractivity (Wildman–Crippen MR) is 142 cm³/mol. The molecule has 0 spiro atoms. The molecule has 1 aliphatic carbocycles. The van der Waals surface area contributed by atoms with E-state index in [0.717, 1.165) is 66.0 Å². The van der Waals surface area contributed by atoms with Crippen molar-refractivity contribution in [2.24, 2.45) is 0 Å². The SMILES string of the molecule is Cc1nn(C(C)(C)C)c2nc(C3CC3)cc(C(=O)N3CCN(Cc4cccc5cccnc45)CC3)c12. The first-order valence-electron chi connectivity index (χ1n) is 13.0. The normalized spacial score (nSPS) is 17.3. The van der Waals surface area contributed by atoms with Gasteiger partial charge in [-0.05, 0) is 58.2 Å². The van der Waals surface area contributed by atoms with E-state index in [1.807, 2.05) is 28.8 Å². The van der Waals surface area contributed by atoms with Crippen LogP contribution in [0, 0.1) is 6.92 Å². The van der Waals surface area contributed by atoms with Gasteiger partial charge in [-0.3, -0.25) is 14.7 Å². The maximum Gasteiger partial charge on any atom is 0.254 e. The third-order valence-corrected chi connectivity index (χ3v) is 7.46. The van der Waals surface area contributed by atoms with Crippen molar-refractivity contribution in [3.63, 3.8) is 0 Å². The summed E-state index contributed by atoms with van der Waals surface area (Å²) in [5.74, 6) is 0.572. The summed E-state index contributed by atoms with van der Waals surface area (Å²) in [7, 11) is 0. The van der Waals surface area contributed by atoms with E-state index in [1.54, 1.807) is 0 Å². The number of fused-ring (bicyclic) bond motifs is 2. The first kappa shape index (κ1) is 23.1. The Morgan fingerprint density at radius 1 is 1.06 bits per heavy atom. The lowest BCUT2D eigenvalue weighted by atomic mass is 10.0. The van der Waals surface area contributed by atoms with Crippen molar-refractivity contribution in [2.75, 3.05) is 26.2 Å². The monoisotopic (exact) mass is 482 g/mol. The number of pyridine rings is 2. The highest BCUT2D eigenvalue weighted by molar-refractivity contribution is 6.06. The lowest BCUT2D eigenvalue weighted by molar-refractivity contribution is 0.0630. The molecular formula is C29H34N6O. The van der Waals surface area contributed by atoms with Crippen LogP contribution in [0.15, 0.2) is 42.6 Å². The van der Waals surface area contributed by atoms with Crippen LogP contribution < -0.4 is 0 Å². The van der Waals surface area contributed by atoms with Crippen molar-refractivity contribution < 1.29 is 4.79 Å². The fourth-order valence-electron chi connectivity index (χ4n) is 5.35. The van der Waals surface area contributed by atoms with Gasteiger partial charge < -0.3 is 4.90 Å². The van der Waals surface area contributed by atoms with Gasteiger partial charge in [0.1, 0.15) is 0 Å². The third-order valence-electron chi connectivity index (χ3n) is 7.46. The summed E-state index contributed by atoms with van der Waals surface area (Å²) >= 11 is 0. The fourth-order valence-corrected chi connectivity index (χ4v) is 5.35. The Kier molecular flexibility index (Phi) is 5.56. The van der Waals surface area contributed by atoms with Gasteiger partial charge >= 0.3 is 0 Å². The van der Waals surface area contributed by atoms with Crippen LogP contribution in [0.3, 0.4) is 0 Å². The number of aryl methyl sites for hydroxylation is 1. The van der Waals surface area contributed by atoms with E-state index in [2.05, 4.69) is 61.0 Å². The smallest absolute Gasteiger partial charge is 0.254 e. The number of nitrogens with zero attached hydrogens (tertiary/aromatic N) is 6. The van der Waals surface area contributed by atoms with E-state index in [1.165, 1.54) is 10.9 Å². The molecular weight excluding hydrogens is 448 g/mol. The first-order valence-corrected chi connectivity index (χ1v) is 13.0. The van der Waals surface area contributed by atoms with E-state index in [-0.39, 0.29) is 11.4 Å². The summed E-state index contributed by atoms with van der Waals surface area (Å²) in [6.07, 6.45) is 4.16. The maximum absolute atomic E-state index is 13.9. The van der Waals surface area contributed by atoms with Crippen LogP contribution in [0.4, 0.5) is 0 Å². The number of aromatic nitrogens is 4. The molecule has 0 unspecified atom stereocenters. The summed E-state index contributed by atoms with van der Waals surface area (Å²) in [5.41, 5.74) is 5.62. The predicted octanol–water partition coefficient (Wildman–Crippen LogP) is 4.88. The molecule has 1 saturated carbocycles. The lowest BCUT2D eigenvalue weighted by Gasteiger charge is -2.35.